The lowest BCUT2D eigenvalue weighted by molar-refractivity contribution is 0.0657. The number of furan rings is 1. The third-order valence-electron chi connectivity index (χ3n) is 4.50. The van der Waals surface area contributed by atoms with Crippen LogP contribution in [-0.2, 0) is 6.54 Å². The summed E-state index contributed by atoms with van der Waals surface area (Å²) in [4.78, 5) is 20.7. The molecular formula is C19H23ClN4O3. The summed E-state index contributed by atoms with van der Waals surface area (Å²) in [5.41, 5.74) is 0.995. The highest BCUT2D eigenvalue weighted by molar-refractivity contribution is 6.30. The summed E-state index contributed by atoms with van der Waals surface area (Å²) in [6, 6.07) is 8.97. The van der Waals surface area contributed by atoms with Gasteiger partial charge in [-0.25, -0.2) is 0 Å². The van der Waals surface area contributed by atoms with Crippen molar-refractivity contribution in [3.05, 3.63) is 52.9 Å². The number of rotatable bonds is 4. The van der Waals surface area contributed by atoms with Crippen LogP contribution in [0.4, 0.5) is 0 Å². The largest absolute Gasteiger partial charge is 0.496 e. The van der Waals surface area contributed by atoms with Crippen molar-refractivity contribution >= 4 is 23.5 Å². The molecule has 2 aromatic rings. The second kappa shape index (κ2) is 8.81. The number of carbonyl (C=O) groups excluding carboxylic acids is 1. The van der Waals surface area contributed by atoms with E-state index in [0.717, 1.165) is 17.3 Å². The number of methoxy groups -OCH3 is 1. The Kier molecular flexibility index (Phi) is 6.24. The molecule has 1 fully saturated rings. The van der Waals surface area contributed by atoms with Gasteiger partial charge in [-0.2, -0.15) is 0 Å². The highest BCUT2D eigenvalue weighted by Gasteiger charge is 2.25. The van der Waals surface area contributed by atoms with Gasteiger partial charge in [0.2, 0.25) is 0 Å². The number of benzene rings is 1. The van der Waals surface area contributed by atoms with E-state index in [0.29, 0.717) is 43.5 Å². The van der Waals surface area contributed by atoms with Crippen LogP contribution in [-0.4, -0.2) is 62.0 Å². The number of piperazine rings is 1. The van der Waals surface area contributed by atoms with Crippen LogP contribution in [0.2, 0.25) is 5.02 Å². The monoisotopic (exact) mass is 390 g/mol. The van der Waals surface area contributed by atoms with Crippen molar-refractivity contribution in [1.29, 1.82) is 0 Å². The van der Waals surface area contributed by atoms with Gasteiger partial charge < -0.3 is 24.3 Å². The smallest absolute Gasteiger partial charge is 0.289 e. The molecule has 144 valence electrons. The second-order valence-electron chi connectivity index (χ2n) is 6.11. The van der Waals surface area contributed by atoms with Gasteiger partial charge in [0.1, 0.15) is 5.75 Å². The molecule has 0 radical (unpaired) electrons. The fourth-order valence-corrected chi connectivity index (χ4v) is 3.21. The zero-order valence-electron chi connectivity index (χ0n) is 15.4. The Morgan fingerprint density at radius 2 is 2.00 bits per heavy atom. The number of carbonyl (C=O) groups is 1. The van der Waals surface area contributed by atoms with Crippen LogP contribution < -0.4 is 10.1 Å². The Morgan fingerprint density at radius 3 is 2.63 bits per heavy atom. The maximum Gasteiger partial charge on any atom is 0.289 e. The Hall–Kier alpha value is -2.67. The summed E-state index contributed by atoms with van der Waals surface area (Å²) in [6.07, 6.45) is 1.51. The molecule has 1 amide bonds. The van der Waals surface area contributed by atoms with Gasteiger partial charge in [0, 0.05) is 50.4 Å². The number of halogens is 1. The van der Waals surface area contributed by atoms with E-state index >= 15 is 0 Å². The number of nitrogens with zero attached hydrogens (tertiary/aromatic N) is 3. The van der Waals surface area contributed by atoms with Crippen molar-refractivity contribution in [3.63, 3.8) is 0 Å². The van der Waals surface area contributed by atoms with E-state index in [1.54, 1.807) is 37.3 Å². The van der Waals surface area contributed by atoms with Crippen molar-refractivity contribution in [2.45, 2.75) is 6.54 Å². The molecule has 27 heavy (non-hydrogen) atoms. The molecule has 1 aliphatic rings. The molecule has 7 nitrogen and oxygen atoms in total. The average molecular weight is 391 g/mol. The number of hydrogen-bond donors (Lipinski definition) is 1. The van der Waals surface area contributed by atoms with Crippen LogP contribution in [0, 0.1) is 0 Å². The first-order chi connectivity index (χ1) is 13.1. The fourth-order valence-electron chi connectivity index (χ4n) is 3.05. The lowest BCUT2D eigenvalue weighted by Gasteiger charge is -2.36. The molecule has 1 saturated heterocycles. The molecule has 3 rings (SSSR count). The lowest BCUT2D eigenvalue weighted by Crippen LogP contribution is -2.53. The summed E-state index contributed by atoms with van der Waals surface area (Å²) in [7, 11) is 3.38. The molecule has 0 atom stereocenters. The summed E-state index contributed by atoms with van der Waals surface area (Å²) in [5, 5.41) is 3.99. The normalized spacial score (nSPS) is 15.0. The average Bonchev–Trinajstić information content (AvgIpc) is 3.24. The van der Waals surface area contributed by atoms with E-state index in [1.807, 2.05) is 12.1 Å². The number of hydrogen-bond acceptors (Lipinski definition) is 4. The molecule has 0 spiro atoms. The third-order valence-corrected chi connectivity index (χ3v) is 4.73. The Morgan fingerprint density at radius 1 is 1.26 bits per heavy atom. The van der Waals surface area contributed by atoms with Gasteiger partial charge in [-0.15, -0.1) is 0 Å². The van der Waals surface area contributed by atoms with E-state index in [2.05, 4.69) is 15.2 Å². The molecule has 0 saturated carbocycles. The van der Waals surface area contributed by atoms with Crippen LogP contribution in [0.3, 0.4) is 0 Å². The Balaban J connectivity index is 1.56. The van der Waals surface area contributed by atoms with Crippen molar-refractivity contribution in [2.24, 2.45) is 4.99 Å². The van der Waals surface area contributed by atoms with Gasteiger partial charge in [-0.1, -0.05) is 17.7 Å². The molecule has 1 aliphatic heterocycles. The van der Waals surface area contributed by atoms with Gasteiger partial charge in [-0.05, 0) is 24.3 Å². The van der Waals surface area contributed by atoms with Crippen molar-refractivity contribution in [2.75, 3.05) is 40.3 Å². The summed E-state index contributed by atoms with van der Waals surface area (Å²) < 4.78 is 10.6. The van der Waals surface area contributed by atoms with E-state index < -0.39 is 0 Å². The highest BCUT2D eigenvalue weighted by atomic mass is 35.5. The van der Waals surface area contributed by atoms with Crippen LogP contribution in [0.1, 0.15) is 16.1 Å². The molecule has 1 aromatic carbocycles. The summed E-state index contributed by atoms with van der Waals surface area (Å²) in [6.45, 7) is 3.20. The SMILES string of the molecule is CN=C(NCc1ccc(Cl)cc1OC)N1CCN(C(=O)c2ccco2)CC1. The second-order valence-corrected chi connectivity index (χ2v) is 6.55. The van der Waals surface area contributed by atoms with E-state index in [9.17, 15) is 4.79 Å². The number of guanidine groups is 1. The molecule has 1 aromatic heterocycles. The molecule has 0 bridgehead atoms. The van der Waals surface area contributed by atoms with Gasteiger partial charge in [0.15, 0.2) is 11.7 Å². The molecule has 1 N–H and O–H groups in total. The van der Waals surface area contributed by atoms with E-state index in [1.165, 1.54) is 6.26 Å². The van der Waals surface area contributed by atoms with E-state index in [-0.39, 0.29) is 5.91 Å². The molecular weight excluding hydrogens is 368 g/mol. The number of ether oxygens (including phenoxy) is 1. The lowest BCUT2D eigenvalue weighted by atomic mass is 10.2. The highest BCUT2D eigenvalue weighted by Crippen LogP contribution is 2.23. The quantitative estimate of drug-likeness (QED) is 0.641. The van der Waals surface area contributed by atoms with Gasteiger partial charge in [0.05, 0.1) is 13.4 Å². The minimum Gasteiger partial charge on any atom is -0.496 e. The summed E-state index contributed by atoms with van der Waals surface area (Å²) in [5.74, 6) is 1.82. The minimum absolute atomic E-state index is 0.0755. The van der Waals surface area contributed by atoms with Crippen LogP contribution in [0.15, 0.2) is 46.0 Å². The predicted octanol–water partition coefficient (Wildman–Crippen LogP) is 2.48. The number of nitrogens with one attached hydrogen (secondary N) is 1. The molecule has 0 unspecified atom stereocenters. The van der Waals surface area contributed by atoms with Crippen molar-refractivity contribution in [3.8, 4) is 5.75 Å². The first-order valence-corrected chi connectivity index (χ1v) is 9.11. The zero-order valence-corrected chi connectivity index (χ0v) is 16.2. The topological polar surface area (TPSA) is 70.3 Å². The minimum atomic E-state index is -0.0755. The predicted molar refractivity (Wildman–Crippen MR) is 104 cm³/mol. The summed E-state index contributed by atoms with van der Waals surface area (Å²) >= 11 is 6.01. The first kappa shape index (κ1) is 19.1. The van der Waals surface area contributed by atoms with Gasteiger partial charge >= 0.3 is 0 Å². The Labute approximate surface area is 163 Å². The van der Waals surface area contributed by atoms with Crippen LogP contribution >= 0.6 is 11.6 Å². The third kappa shape index (κ3) is 4.54. The van der Waals surface area contributed by atoms with Gasteiger partial charge in [-0.3, -0.25) is 9.79 Å². The number of amides is 1. The Bertz CT molecular complexity index is 799. The fraction of sp³-hybridized carbons (Fsp3) is 0.368. The van der Waals surface area contributed by atoms with Crippen LogP contribution in [0.25, 0.3) is 0 Å². The first-order valence-electron chi connectivity index (χ1n) is 8.73. The standard InChI is InChI=1S/C19H23ClN4O3/c1-21-19(22-13-14-5-6-15(20)12-17(14)26-2)24-9-7-23(8-10-24)18(25)16-4-3-11-27-16/h3-6,11-12H,7-10,13H2,1-2H3,(H,21,22). The van der Waals surface area contributed by atoms with Crippen molar-refractivity contribution in [1.82, 2.24) is 15.1 Å². The van der Waals surface area contributed by atoms with Crippen molar-refractivity contribution < 1.29 is 13.9 Å². The molecule has 8 heteroatoms. The maximum atomic E-state index is 12.4. The molecule has 2 heterocycles. The number of aliphatic imine (C=N–C) groups is 1. The van der Waals surface area contributed by atoms with Crippen LogP contribution in [0.5, 0.6) is 5.75 Å². The maximum absolute atomic E-state index is 12.4. The zero-order chi connectivity index (χ0) is 19.2. The van der Waals surface area contributed by atoms with E-state index in [4.69, 9.17) is 20.8 Å². The van der Waals surface area contributed by atoms with Gasteiger partial charge in [0.25, 0.3) is 5.91 Å². The molecule has 0 aliphatic carbocycles.